The van der Waals surface area contributed by atoms with Crippen LogP contribution in [0.15, 0.2) is 46.7 Å². The van der Waals surface area contributed by atoms with Gasteiger partial charge in [0.2, 0.25) is 5.91 Å². The number of sulfone groups is 1. The minimum absolute atomic E-state index is 0.0198. The predicted molar refractivity (Wildman–Crippen MR) is 105 cm³/mol. The molecule has 1 aromatic carbocycles. The molecule has 26 heavy (non-hydrogen) atoms. The number of methoxy groups -OCH3 is 1. The zero-order valence-electron chi connectivity index (χ0n) is 14.9. The molecule has 0 bridgehead atoms. The number of rotatable bonds is 8. The zero-order chi connectivity index (χ0) is 19.4. The molecule has 1 amide bonds. The van der Waals surface area contributed by atoms with Gasteiger partial charge in [0.1, 0.15) is 11.0 Å². The number of carbonyl (C=O) groups excluding carboxylic acids is 1. The van der Waals surface area contributed by atoms with Crippen molar-refractivity contribution in [2.75, 3.05) is 19.5 Å². The van der Waals surface area contributed by atoms with Gasteiger partial charge in [-0.15, -0.1) is 22.9 Å². The summed E-state index contributed by atoms with van der Waals surface area (Å²) < 4.78 is 31.4. The minimum Gasteiger partial charge on any atom is -0.497 e. The van der Waals surface area contributed by atoms with E-state index in [9.17, 15) is 13.2 Å². The maximum atomic E-state index is 13.2. The maximum absolute atomic E-state index is 13.2. The van der Waals surface area contributed by atoms with Gasteiger partial charge in [0.05, 0.1) is 17.4 Å². The Morgan fingerprint density at radius 2 is 1.92 bits per heavy atom. The summed E-state index contributed by atoms with van der Waals surface area (Å²) in [6.07, 6.45) is 0. The van der Waals surface area contributed by atoms with Gasteiger partial charge in [-0.2, -0.15) is 0 Å². The van der Waals surface area contributed by atoms with E-state index in [1.807, 2.05) is 5.38 Å². The van der Waals surface area contributed by atoms with E-state index < -0.39 is 20.5 Å². The highest BCUT2D eigenvalue weighted by atomic mass is 35.5. The molecule has 2 aromatic rings. The number of hydrogen-bond donors (Lipinski definition) is 1. The molecule has 1 heterocycles. The van der Waals surface area contributed by atoms with Crippen LogP contribution >= 0.6 is 22.9 Å². The van der Waals surface area contributed by atoms with Crippen molar-refractivity contribution in [3.05, 3.63) is 46.7 Å². The van der Waals surface area contributed by atoms with Gasteiger partial charge in [-0.1, -0.05) is 6.07 Å². The number of benzene rings is 1. The Kier molecular flexibility index (Phi) is 6.71. The summed E-state index contributed by atoms with van der Waals surface area (Å²) in [5.41, 5.74) is -0.772. The van der Waals surface area contributed by atoms with Crippen molar-refractivity contribution in [1.82, 2.24) is 5.32 Å². The third-order valence-corrected chi connectivity index (χ3v) is 7.92. The second-order valence-corrected chi connectivity index (χ2v) is 9.83. The first-order chi connectivity index (χ1) is 12.2. The van der Waals surface area contributed by atoms with Crippen LogP contribution in [0, 0.1) is 5.41 Å². The largest absolute Gasteiger partial charge is 0.497 e. The fourth-order valence-corrected chi connectivity index (χ4v) is 5.16. The monoisotopic (exact) mass is 415 g/mol. The number of amides is 1. The average molecular weight is 416 g/mol. The summed E-state index contributed by atoms with van der Waals surface area (Å²) in [5, 5.41) is 3.69. The number of ether oxygens (including phenoxy) is 1. The van der Waals surface area contributed by atoms with E-state index in [1.54, 1.807) is 38.1 Å². The Balaban J connectivity index is 2.31. The topological polar surface area (TPSA) is 72.5 Å². The Hall–Kier alpha value is -1.57. The van der Waals surface area contributed by atoms with E-state index in [2.05, 4.69) is 5.32 Å². The number of carbonyl (C=O) groups is 1. The SMILES string of the molecule is COc1ccc(S(=O)(=O)C(CNC(=O)C(C)(C)CCl)c2cccs2)cc1. The third-order valence-electron chi connectivity index (χ3n) is 4.02. The van der Waals surface area contributed by atoms with Crippen molar-refractivity contribution in [1.29, 1.82) is 0 Å². The Morgan fingerprint density at radius 1 is 1.27 bits per heavy atom. The molecule has 0 aliphatic rings. The molecule has 1 atom stereocenters. The standard InChI is InChI=1S/C18H22ClNO4S2/c1-18(2,12-19)17(21)20-11-16(15-5-4-10-25-15)26(22,23)14-8-6-13(24-3)7-9-14/h4-10,16H,11-12H2,1-3H3,(H,20,21). The highest BCUT2D eigenvalue weighted by Crippen LogP contribution is 2.32. The van der Waals surface area contributed by atoms with Crippen molar-refractivity contribution < 1.29 is 17.9 Å². The highest BCUT2D eigenvalue weighted by Gasteiger charge is 2.33. The van der Waals surface area contributed by atoms with Crippen LogP contribution in [-0.4, -0.2) is 33.9 Å². The van der Waals surface area contributed by atoms with Crippen molar-refractivity contribution in [2.24, 2.45) is 5.41 Å². The van der Waals surface area contributed by atoms with Crippen molar-refractivity contribution in [2.45, 2.75) is 24.0 Å². The Morgan fingerprint density at radius 3 is 2.42 bits per heavy atom. The van der Waals surface area contributed by atoms with Crippen LogP contribution in [0.1, 0.15) is 24.0 Å². The molecule has 2 rings (SSSR count). The first-order valence-corrected chi connectivity index (χ1v) is 10.9. The van der Waals surface area contributed by atoms with Crippen LogP contribution in [-0.2, 0) is 14.6 Å². The van der Waals surface area contributed by atoms with E-state index in [4.69, 9.17) is 16.3 Å². The first-order valence-electron chi connectivity index (χ1n) is 7.98. The Bertz CT molecular complexity index is 831. The molecule has 1 unspecified atom stereocenters. The molecule has 1 N–H and O–H groups in total. The van der Waals surface area contributed by atoms with E-state index in [0.717, 1.165) is 0 Å². The number of nitrogens with one attached hydrogen (secondary N) is 1. The molecule has 0 aliphatic heterocycles. The van der Waals surface area contributed by atoms with Gasteiger partial charge in [-0.3, -0.25) is 4.79 Å². The molecule has 1 aromatic heterocycles. The minimum atomic E-state index is -3.69. The van der Waals surface area contributed by atoms with Crippen LogP contribution in [0.3, 0.4) is 0 Å². The summed E-state index contributed by atoms with van der Waals surface area (Å²) in [6.45, 7) is 3.41. The second-order valence-electron chi connectivity index (χ2n) is 6.45. The summed E-state index contributed by atoms with van der Waals surface area (Å²) >= 11 is 7.17. The molecule has 0 aliphatic carbocycles. The maximum Gasteiger partial charge on any atom is 0.226 e. The van der Waals surface area contributed by atoms with Crippen molar-refractivity contribution in [3.8, 4) is 5.75 Å². The molecule has 0 saturated carbocycles. The summed E-state index contributed by atoms with van der Waals surface area (Å²) in [5.74, 6) is 0.445. The summed E-state index contributed by atoms with van der Waals surface area (Å²) in [4.78, 5) is 13.2. The van der Waals surface area contributed by atoms with Crippen LogP contribution in [0.2, 0.25) is 0 Å². The quantitative estimate of drug-likeness (QED) is 0.668. The van der Waals surface area contributed by atoms with Crippen molar-refractivity contribution in [3.63, 3.8) is 0 Å². The lowest BCUT2D eigenvalue weighted by molar-refractivity contribution is -0.128. The molecule has 0 saturated heterocycles. The van der Waals surface area contributed by atoms with Crippen LogP contribution in [0.25, 0.3) is 0 Å². The summed E-state index contributed by atoms with van der Waals surface area (Å²) in [7, 11) is -2.17. The van der Waals surface area contributed by atoms with Crippen LogP contribution in [0.5, 0.6) is 5.75 Å². The lowest BCUT2D eigenvalue weighted by Crippen LogP contribution is -2.41. The Labute approximate surface area is 163 Å². The second kappa shape index (κ2) is 8.41. The van der Waals surface area contributed by atoms with E-state index in [0.29, 0.717) is 10.6 Å². The van der Waals surface area contributed by atoms with E-state index >= 15 is 0 Å². The molecular weight excluding hydrogens is 394 g/mol. The first kappa shape index (κ1) is 20.7. The van der Waals surface area contributed by atoms with E-state index in [-0.39, 0.29) is 23.2 Å². The van der Waals surface area contributed by atoms with Gasteiger partial charge < -0.3 is 10.1 Å². The fourth-order valence-electron chi connectivity index (χ4n) is 2.25. The molecule has 8 heteroatoms. The highest BCUT2D eigenvalue weighted by molar-refractivity contribution is 7.91. The third kappa shape index (κ3) is 4.58. The van der Waals surface area contributed by atoms with Gasteiger partial charge >= 0.3 is 0 Å². The molecule has 0 fully saturated rings. The predicted octanol–water partition coefficient (Wildman–Crippen LogP) is 3.65. The molecule has 0 radical (unpaired) electrons. The molecule has 142 valence electrons. The zero-order valence-corrected chi connectivity index (χ0v) is 17.2. The molecule has 5 nitrogen and oxygen atoms in total. The van der Waals surface area contributed by atoms with Crippen molar-refractivity contribution >= 4 is 38.7 Å². The number of halogens is 1. The average Bonchev–Trinajstić information content (AvgIpc) is 3.15. The van der Waals surface area contributed by atoms with Gasteiger partial charge in [0, 0.05) is 17.3 Å². The molecular formula is C18H22ClNO4S2. The normalized spacial score (nSPS) is 13.2. The smallest absolute Gasteiger partial charge is 0.226 e. The van der Waals surface area contributed by atoms with Crippen LogP contribution < -0.4 is 10.1 Å². The van der Waals surface area contributed by atoms with Gasteiger partial charge in [0.25, 0.3) is 0 Å². The number of alkyl halides is 1. The van der Waals surface area contributed by atoms with Crippen LogP contribution in [0.4, 0.5) is 0 Å². The number of hydrogen-bond acceptors (Lipinski definition) is 5. The van der Waals surface area contributed by atoms with Gasteiger partial charge in [-0.05, 0) is 49.6 Å². The fraction of sp³-hybridized carbons (Fsp3) is 0.389. The lowest BCUT2D eigenvalue weighted by Gasteiger charge is -2.23. The number of thiophene rings is 1. The summed E-state index contributed by atoms with van der Waals surface area (Å²) in [6, 6.07) is 9.79. The van der Waals surface area contributed by atoms with Gasteiger partial charge in [0.15, 0.2) is 9.84 Å². The van der Waals surface area contributed by atoms with E-state index in [1.165, 1.54) is 30.6 Å². The molecule has 0 spiro atoms. The lowest BCUT2D eigenvalue weighted by atomic mass is 9.95. The van der Waals surface area contributed by atoms with Gasteiger partial charge in [-0.25, -0.2) is 8.42 Å².